The fraction of sp³-hybridized carbons (Fsp3) is 0.400. The van der Waals surface area contributed by atoms with Crippen molar-refractivity contribution in [1.82, 2.24) is 0 Å². The van der Waals surface area contributed by atoms with Gasteiger partial charge in [0.05, 0.1) is 6.61 Å². The van der Waals surface area contributed by atoms with E-state index in [0.29, 0.717) is 5.75 Å². The van der Waals surface area contributed by atoms with Gasteiger partial charge in [0, 0.05) is 4.47 Å². The number of halogens is 4. The van der Waals surface area contributed by atoms with Crippen molar-refractivity contribution in [1.29, 1.82) is 0 Å². The molecule has 0 spiro atoms. The largest absolute Gasteiger partial charge is 0.522 e. The Bertz CT molecular complexity index is 352. The second-order valence-corrected chi connectivity index (χ2v) is 3.91. The second-order valence-electron chi connectivity index (χ2n) is 3.05. The van der Waals surface area contributed by atoms with Crippen LogP contribution in [0.4, 0.5) is 13.2 Å². The summed E-state index contributed by atoms with van der Waals surface area (Å²) in [6.07, 6.45) is -4.60. The Morgan fingerprint density at radius 3 is 2.50 bits per heavy atom. The van der Waals surface area contributed by atoms with E-state index >= 15 is 0 Å². The van der Waals surface area contributed by atoms with Gasteiger partial charge in [0.25, 0.3) is 0 Å². The van der Waals surface area contributed by atoms with Crippen molar-refractivity contribution in [2.24, 2.45) is 0 Å². The zero-order valence-corrected chi connectivity index (χ0v) is 10.1. The fourth-order valence-corrected chi connectivity index (χ4v) is 1.34. The average Bonchev–Trinajstić information content (AvgIpc) is 2.17. The minimum Gasteiger partial charge on any atom is -0.491 e. The molecule has 0 saturated heterocycles. The van der Waals surface area contributed by atoms with Crippen molar-refractivity contribution in [3.8, 4) is 5.75 Å². The molecular formula is C10H10BrF3O2. The Balaban J connectivity index is 2.35. The van der Waals surface area contributed by atoms with E-state index < -0.39 is 13.0 Å². The van der Waals surface area contributed by atoms with Gasteiger partial charge in [-0.25, -0.2) is 0 Å². The first-order chi connectivity index (χ1) is 7.38. The third-order valence-corrected chi connectivity index (χ3v) is 2.62. The standard InChI is InChI=1S/C10H10BrF3O2/c1-7-2-3-8(6-9(7)11)15-4-5-16-10(12,13)14/h2-3,6H,4-5H2,1H3. The lowest BCUT2D eigenvalue weighted by Gasteiger charge is -2.09. The normalized spacial score (nSPS) is 11.6. The minimum absolute atomic E-state index is 0.144. The Hall–Kier alpha value is -0.750. The van der Waals surface area contributed by atoms with E-state index in [0.717, 1.165) is 10.0 Å². The van der Waals surface area contributed by atoms with E-state index in [1.165, 1.54) is 0 Å². The number of ether oxygens (including phenoxy) is 2. The van der Waals surface area contributed by atoms with Gasteiger partial charge >= 0.3 is 6.36 Å². The molecule has 0 amide bonds. The topological polar surface area (TPSA) is 18.5 Å². The Labute approximate surface area is 99.5 Å². The number of alkyl halides is 3. The van der Waals surface area contributed by atoms with Gasteiger partial charge in [-0.3, -0.25) is 4.74 Å². The summed E-state index contributed by atoms with van der Waals surface area (Å²) in [6.45, 7) is 1.24. The molecule has 0 saturated carbocycles. The van der Waals surface area contributed by atoms with Crippen LogP contribution in [0.5, 0.6) is 5.75 Å². The number of benzene rings is 1. The monoisotopic (exact) mass is 298 g/mol. The molecule has 0 N–H and O–H groups in total. The maximum Gasteiger partial charge on any atom is 0.522 e. The van der Waals surface area contributed by atoms with Crippen molar-refractivity contribution < 1.29 is 22.6 Å². The number of rotatable bonds is 4. The molecule has 6 heteroatoms. The number of aryl methyl sites for hydroxylation is 1. The molecule has 0 aliphatic carbocycles. The highest BCUT2D eigenvalue weighted by Gasteiger charge is 2.28. The number of hydrogen-bond donors (Lipinski definition) is 0. The molecule has 0 fully saturated rings. The molecule has 0 aliphatic rings. The molecule has 0 aromatic heterocycles. The predicted octanol–water partition coefficient (Wildman–Crippen LogP) is 3.67. The van der Waals surface area contributed by atoms with Crippen LogP contribution in [0.1, 0.15) is 5.56 Å². The average molecular weight is 299 g/mol. The van der Waals surface area contributed by atoms with E-state index in [4.69, 9.17) is 4.74 Å². The lowest BCUT2D eigenvalue weighted by molar-refractivity contribution is -0.325. The van der Waals surface area contributed by atoms with Crippen LogP contribution in [0.2, 0.25) is 0 Å². The molecular weight excluding hydrogens is 289 g/mol. The van der Waals surface area contributed by atoms with E-state index in [2.05, 4.69) is 20.7 Å². The zero-order chi connectivity index (χ0) is 12.2. The fourth-order valence-electron chi connectivity index (χ4n) is 0.980. The van der Waals surface area contributed by atoms with Crippen LogP contribution in [0.25, 0.3) is 0 Å². The van der Waals surface area contributed by atoms with Crippen molar-refractivity contribution >= 4 is 15.9 Å². The molecule has 90 valence electrons. The van der Waals surface area contributed by atoms with Crippen molar-refractivity contribution in [2.45, 2.75) is 13.3 Å². The lowest BCUT2D eigenvalue weighted by atomic mass is 10.2. The summed E-state index contributed by atoms with van der Waals surface area (Å²) in [4.78, 5) is 0. The van der Waals surface area contributed by atoms with Crippen LogP contribution < -0.4 is 4.74 Å². The van der Waals surface area contributed by atoms with E-state index in [1.54, 1.807) is 12.1 Å². The molecule has 0 atom stereocenters. The Morgan fingerprint density at radius 2 is 1.94 bits per heavy atom. The van der Waals surface area contributed by atoms with Gasteiger partial charge in [0.15, 0.2) is 0 Å². The molecule has 1 aromatic rings. The Morgan fingerprint density at radius 1 is 1.25 bits per heavy atom. The van der Waals surface area contributed by atoms with Crippen LogP contribution >= 0.6 is 15.9 Å². The maximum atomic E-state index is 11.6. The van der Waals surface area contributed by atoms with Gasteiger partial charge in [0.1, 0.15) is 12.4 Å². The van der Waals surface area contributed by atoms with Crippen LogP contribution in [-0.4, -0.2) is 19.6 Å². The highest BCUT2D eigenvalue weighted by atomic mass is 79.9. The molecule has 0 unspecified atom stereocenters. The third kappa shape index (κ3) is 4.85. The van der Waals surface area contributed by atoms with Crippen molar-refractivity contribution in [3.05, 3.63) is 28.2 Å². The quantitative estimate of drug-likeness (QED) is 0.790. The summed E-state index contributed by atoms with van der Waals surface area (Å²) in [7, 11) is 0. The van der Waals surface area contributed by atoms with Crippen LogP contribution in [-0.2, 0) is 4.74 Å². The summed E-state index contributed by atoms with van der Waals surface area (Å²) >= 11 is 3.30. The summed E-state index contributed by atoms with van der Waals surface area (Å²) in [5, 5.41) is 0. The molecule has 0 bridgehead atoms. The Kier molecular flexibility index (Phi) is 4.61. The van der Waals surface area contributed by atoms with Crippen LogP contribution in [0, 0.1) is 6.92 Å². The third-order valence-electron chi connectivity index (χ3n) is 1.76. The first-order valence-corrected chi connectivity index (χ1v) is 5.27. The first-order valence-electron chi connectivity index (χ1n) is 4.48. The second kappa shape index (κ2) is 5.54. The van der Waals surface area contributed by atoms with E-state index in [9.17, 15) is 13.2 Å². The molecule has 0 aliphatic heterocycles. The van der Waals surface area contributed by atoms with Crippen molar-refractivity contribution in [3.63, 3.8) is 0 Å². The van der Waals surface area contributed by atoms with Gasteiger partial charge in [-0.1, -0.05) is 22.0 Å². The van der Waals surface area contributed by atoms with Gasteiger partial charge in [-0.2, -0.15) is 0 Å². The summed E-state index contributed by atoms with van der Waals surface area (Å²) in [5.74, 6) is 0.503. The van der Waals surface area contributed by atoms with E-state index in [1.807, 2.05) is 13.0 Å². The zero-order valence-electron chi connectivity index (χ0n) is 8.47. The number of hydrogen-bond acceptors (Lipinski definition) is 2. The van der Waals surface area contributed by atoms with Gasteiger partial charge in [0.2, 0.25) is 0 Å². The maximum absolute atomic E-state index is 11.6. The minimum atomic E-state index is -4.60. The van der Waals surface area contributed by atoms with Gasteiger partial charge in [-0.15, -0.1) is 13.2 Å². The smallest absolute Gasteiger partial charge is 0.491 e. The summed E-state index contributed by atoms with van der Waals surface area (Å²) < 4.78 is 44.3. The van der Waals surface area contributed by atoms with E-state index in [-0.39, 0.29) is 6.61 Å². The first kappa shape index (κ1) is 13.3. The summed E-state index contributed by atoms with van der Waals surface area (Å²) in [5.41, 5.74) is 1.03. The SMILES string of the molecule is Cc1ccc(OCCOC(F)(F)F)cc1Br. The van der Waals surface area contributed by atoms with Crippen LogP contribution in [0.3, 0.4) is 0 Å². The highest BCUT2D eigenvalue weighted by Crippen LogP contribution is 2.22. The van der Waals surface area contributed by atoms with Crippen LogP contribution in [0.15, 0.2) is 22.7 Å². The van der Waals surface area contributed by atoms with Crippen molar-refractivity contribution in [2.75, 3.05) is 13.2 Å². The molecule has 1 rings (SSSR count). The van der Waals surface area contributed by atoms with Gasteiger partial charge < -0.3 is 4.74 Å². The molecule has 1 aromatic carbocycles. The molecule has 16 heavy (non-hydrogen) atoms. The molecule has 0 heterocycles. The van der Waals surface area contributed by atoms with Gasteiger partial charge in [-0.05, 0) is 24.6 Å². The lowest BCUT2D eigenvalue weighted by Crippen LogP contribution is -2.18. The summed E-state index contributed by atoms with van der Waals surface area (Å²) in [6, 6.07) is 5.20. The predicted molar refractivity (Wildman–Crippen MR) is 56.4 cm³/mol. The molecule has 2 nitrogen and oxygen atoms in total. The highest BCUT2D eigenvalue weighted by molar-refractivity contribution is 9.10. The molecule has 0 radical (unpaired) electrons.